The molecule has 2 nitrogen and oxygen atoms in total. The highest BCUT2D eigenvalue weighted by atomic mass is 35.5. The van der Waals surface area contributed by atoms with E-state index in [1.807, 2.05) is 25.2 Å². The molecule has 112 valence electrons. The van der Waals surface area contributed by atoms with Gasteiger partial charge in [0.2, 0.25) is 0 Å². The smallest absolute Gasteiger partial charge is 0.0409 e. The molecule has 3 heteroatoms. The predicted octanol–water partition coefficient (Wildman–Crippen LogP) is 4.44. The van der Waals surface area contributed by atoms with E-state index in [1.165, 1.54) is 16.8 Å². The van der Waals surface area contributed by atoms with Crippen LogP contribution in [0, 0.1) is 6.92 Å². The number of aryl methyl sites for hydroxylation is 1. The number of anilines is 1. The minimum absolute atomic E-state index is 0.316. The standard InChI is InChI=1S/C18H23ClN2/c1-14-7-9-17(10-8-14)21(3)12-11-18(20-2)15-5-4-6-16(19)13-15/h4-10,13,18,20H,11-12H2,1-3H3. The lowest BCUT2D eigenvalue weighted by atomic mass is 10.0. The van der Waals surface area contributed by atoms with Crippen LogP contribution in [-0.2, 0) is 0 Å². The van der Waals surface area contributed by atoms with Crippen LogP contribution in [0.4, 0.5) is 5.69 Å². The lowest BCUT2D eigenvalue weighted by Gasteiger charge is -2.23. The molecule has 2 rings (SSSR count). The molecular weight excluding hydrogens is 280 g/mol. The monoisotopic (exact) mass is 302 g/mol. The van der Waals surface area contributed by atoms with Gasteiger partial charge < -0.3 is 10.2 Å². The summed E-state index contributed by atoms with van der Waals surface area (Å²) in [5, 5.41) is 4.17. The van der Waals surface area contributed by atoms with Crippen LogP contribution >= 0.6 is 11.6 Å². The quantitative estimate of drug-likeness (QED) is 0.849. The Morgan fingerprint density at radius 3 is 2.48 bits per heavy atom. The molecule has 2 aromatic rings. The molecule has 0 aromatic heterocycles. The summed E-state index contributed by atoms with van der Waals surface area (Å²) >= 11 is 6.08. The normalized spacial score (nSPS) is 12.2. The molecule has 0 saturated carbocycles. The van der Waals surface area contributed by atoms with E-state index < -0.39 is 0 Å². The summed E-state index contributed by atoms with van der Waals surface area (Å²) in [6.07, 6.45) is 1.03. The fourth-order valence-corrected chi connectivity index (χ4v) is 2.65. The second-order valence-electron chi connectivity index (χ2n) is 5.44. The van der Waals surface area contributed by atoms with Gasteiger partial charge >= 0.3 is 0 Å². The van der Waals surface area contributed by atoms with E-state index in [4.69, 9.17) is 11.6 Å². The molecule has 0 radical (unpaired) electrons. The molecule has 1 atom stereocenters. The molecule has 0 spiro atoms. The first-order valence-corrected chi connectivity index (χ1v) is 7.68. The Kier molecular flexibility index (Phi) is 5.66. The first-order valence-electron chi connectivity index (χ1n) is 7.30. The van der Waals surface area contributed by atoms with Crippen molar-refractivity contribution in [1.82, 2.24) is 5.32 Å². The second kappa shape index (κ2) is 7.48. The number of halogens is 1. The van der Waals surface area contributed by atoms with Crippen LogP contribution in [0.2, 0.25) is 5.02 Å². The molecule has 0 aliphatic heterocycles. The molecule has 2 aromatic carbocycles. The van der Waals surface area contributed by atoms with E-state index in [1.54, 1.807) is 0 Å². The van der Waals surface area contributed by atoms with Crippen LogP contribution in [0.25, 0.3) is 0 Å². The first-order chi connectivity index (χ1) is 10.1. The van der Waals surface area contributed by atoms with Gasteiger partial charge in [0.15, 0.2) is 0 Å². The maximum atomic E-state index is 6.08. The second-order valence-corrected chi connectivity index (χ2v) is 5.88. The zero-order valence-electron chi connectivity index (χ0n) is 12.9. The molecule has 0 saturated heterocycles. The van der Waals surface area contributed by atoms with Crippen molar-refractivity contribution in [3.8, 4) is 0 Å². The lowest BCUT2D eigenvalue weighted by molar-refractivity contribution is 0.549. The Morgan fingerprint density at radius 2 is 1.86 bits per heavy atom. The summed E-state index contributed by atoms with van der Waals surface area (Å²) in [7, 11) is 4.13. The highest BCUT2D eigenvalue weighted by Gasteiger charge is 2.11. The third-order valence-corrected chi connectivity index (χ3v) is 4.06. The fourth-order valence-electron chi connectivity index (χ4n) is 2.45. The SMILES string of the molecule is CNC(CCN(C)c1ccc(C)cc1)c1cccc(Cl)c1. The third kappa shape index (κ3) is 4.48. The predicted molar refractivity (Wildman–Crippen MR) is 92.3 cm³/mol. The molecule has 0 aliphatic rings. The van der Waals surface area contributed by atoms with Crippen LogP contribution in [0.5, 0.6) is 0 Å². The van der Waals surface area contributed by atoms with E-state index in [-0.39, 0.29) is 0 Å². The summed E-state index contributed by atoms with van der Waals surface area (Å²) in [5.41, 5.74) is 3.78. The Labute approximate surface area is 132 Å². The fraction of sp³-hybridized carbons (Fsp3) is 0.333. The summed E-state index contributed by atoms with van der Waals surface area (Å²) in [4.78, 5) is 2.29. The largest absolute Gasteiger partial charge is 0.375 e. The molecule has 1 N–H and O–H groups in total. The highest BCUT2D eigenvalue weighted by Crippen LogP contribution is 2.22. The third-order valence-electron chi connectivity index (χ3n) is 3.83. The van der Waals surface area contributed by atoms with Crippen molar-refractivity contribution in [1.29, 1.82) is 0 Å². The molecule has 1 unspecified atom stereocenters. The number of rotatable bonds is 6. The molecule has 0 fully saturated rings. The van der Waals surface area contributed by atoms with Gasteiger partial charge in [-0.05, 0) is 50.2 Å². The summed E-state index contributed by atoms with van der Waals surface area (Å²) in [6, 6.07) is 17.0. The van der Waals surface area contributed by atoms with E-state index in [0.29, 0.717) is 6.04 Å². The van der Waals surface area contributed by atoms with Crippen LogP contribution in [-0.4, -0.2) is 20.6 Å². The van der Waals surface area contributed by atoms with Gasteiger partial charge in [-0.3, -0.25) is 0 Å². The number of hydrogen-bond acceptors (Lipinski definition) is 2. The number of benzene rings is 2. The van der Waals surface area contributed by atoms with Gasteiger partial charge in [0.1, 0.15) is 0 Å². The van der Waals surface area contributed by atoms with Gasteiger partial charge in [0, 0.05) is 30.3 Å². The summed E-state index contributed by atoms with van der Waals surface area (Å²) < 4.78 is 0. The van der Waals surface area contributed by atoms with Gasteiger partial charge in [-0.1, -0.05) is 41.4 Å². The van der Waals surface area contributed by atoms with Crippen molar-refractivity contribution in [2.24, 2.45) is 0 Å². The maximum Gasteiger partial charge on any atom is 0.0409 e. The molecular formula is C18H23ClN2. The zero-order valence-corrected chi connectivity index (χ0v) is 13.7. The van der Waals surface area contributed by atoms with Gasteiger partial charge in [-0.25, -0.2) is 0 Å². The van der Waals surface area contributed by atoms with E-state index >= 15 is 0 Å². The minimum atomic E-state index is 0.316. The van der Waals surface area contributed by atoms with Crippen LogP contribution in [0.15, 0.2) is 48.5 Å². The number of nitrogens with one attached hydrogen (secondary N) is 1. The summed E-state index contributed by atoms with van der Waals surface area (Å²) in [6.45, 7) is 3.10. The number of nitrogens with zero attached hydrogens (tertiary/aromatic N) is 1. The summed E-state index contributed by atoms with van der Waals surface area (Å²) in [5.74, 6) is 0. The average molecular weight is 303 g/mol. The molecule has 21 heavy (non-hydrogen) atoms. The van der Waals surface area contributed by atoms with Gasteiger partial charge in [0.25, 0.3) is 0 Å². The van der Waals surface area contributed by atoms with Crippen molar-refractivity contribution in [2.45, 2.75) is 19.4 Å². The van der Waals surface area contributed by atoms with Gasteiger partial charge in [-0.2, -0.15) is 0 Å². The van der Waals surface area contributed by atoms with Gasteiger partial charge in [-0.15, -0.1) is 0 Å². The molecule has 0 aliphatic carbocycles. The lowest BCUT2D eigenvalue weighted by Crippen LogP contribution is -2.25. The molecule has 0 amide bonds. The highest BCUT2D eigenvalue weighted by molar-refractivity contribution is 6.30. The Bertz CT molecular complexity index is 566. The average Bonchev–Trinajstić information content (AvgIpc) is 2.48. The molecule has 0 bridgehead atoms. The zero-order chi connectivity index (χ0) is 15.2. The Hall–Kier alpha value is -1.51. The van der Waals surface area contributed by atoms with Crippen molar-refractivity contribution in [3.05, 3.63) is 64.7 Å². The number of hydrogen-bond donors (Lipinski definition) is 1. The van der Waals surface area contributed by atoms with E-state index in [0.717, 1.165) is 18.0 Å². The Morgan fingerprint density at radius 1 is 1.14 bits per heavy atom. The Balaban J connectivity index is 1.98. The topological polar surface area (TPSA) is 15.3 Å². The van der Waals surface area contributed by atoms with Crippen molar-refractivity contribution in [3.63, 3.8) is 0 Å². The van der Waals surface area contributed by atoms with E-state index in [2.05, 4.69) is 54.5 Å². The van der Waals surface area contributed by atoms with Crippen LogP contribution in [0.1, 0.15) is 23.6 Å². The first kappa shape index (κ1) is 15.9. The molecule has 0 heterocycles. The maximum absolute atomic E-state index is 6.08. The van der Waals surface area contributed by atoms with Gasteiger partial charge in [0.05, 0.1) is 0 Å². The van der Waals surface area contributed by atoms with Crippen molar-refractivity contribution < 1.29 is 0 Å². The van der Waals surface area contributed by atoms with Crippen LogP contribution < -0.4 is 10.2 Å². The van der Waals surface area contributed by atoms with E-state index in [9.17, 15) is 0 Å². The van der Waals surface area contributed by atoms with Crippen LogP contribution in [0.3, 0.4) is 0 Å². The van der Waals surface area contributed by atoms with Crippen molar-refractivity contribution in [2.75, 3.05) is 25.5 Å². The minimum Gasteiger partial charge on any atom is -0.375 e. The van der Waals surface area contributed by atoms with Crippen molar-refractivity contribution >= 4 is 17.3 Å².